The van der Waals surface area contributed by atoms with E-state index in [1.807, 2.05) is 18.3 Å². The van der Waals surface area contributed by atoms with Gasteiger partial charge in [0.25, 0.3) is 0 Å². The third-order valence-electron chi connectivity index (χ3n) is 2.53. The van der Waals surface area contributed by atoms with Crippen molar-refractivity contribution in [1.82, 2.24) is 4.98 Å². The van der Waals surface area contributed by atoms with E-state index in [4.69, 9.17) is 4.74 Å². The Balaban J connectivity index is 1.97. The molecule has 1 aromatic heterocycles. The largest absolute Gasteiger partial charge is 0.493 e. The van der Waals surface area contributed by atoms with Crippen LogP contribution in [-0.4, -0.2) is 11.6 Å². The van der Waals surface area contributed by atoms with Crippen molar-refractivity contribution in [1.29, 1.82) is 0 Å². The van der Waals surface area contributed by atoms with Gasteiger partial charge in [-0.05, 0) is 30.7 Å². The fourth-order valence-corrected chi connectivity index (χ4v) is 1.33. The zero-order valence-electron chi connectivity index (χ0n) is 8.86. The zero-order valence-corrected chi connectivity index (χ0v) is 8.86. The molecule has 1 aliphatic carbocycles. The molecule has 14 heavy (non-hydrogen) atoms. The van der Waals surface area contributed by atoms with Crippen LogP contribution in [0.1, 0.15) is 38.3 Å². The van der Waals surface area contributed by atoms with Gasteiger partial charge in [-0.15, -0.1) is 0 Å². The summed E-state index contributed by atoms with van der Waals surface area (Å²) < 4.78 is 5.68. The first kappa shape index (κ1) is 9.50. The maximum Gasteiger partial charge on any atom is 0.122 e. The summed E-state index contributed by atoms with van der Waals surface area (Å²) in [4.78, 5) is 4.30. The quantitative estimate of drug-likeness (QED) is 0.730. The number of hydrogen-bond donors (Lipinski definition) is 0. The van der Waals surface area contributed by atoms with Gasteiger partial charge >= 0.3 is 0 Å². The molecule has 76 valence electrons. The molecule has 0 aliphatic heterocycles. The van der Waals surface area contributed by atoms with Crippen LogP contribution in [0.5, 0.6) is 5.75 Å². The van der Waals surface area contributed by atoms with Crippen molar-refractivity contribution in [3.63, 3.8) is 0 Å². The van der Waals surface area contributed by atoms with Crippen LogP contribution in [-0.2, 0) is 0 Å². The van der Waals surface area contributed by atoms with Crippen molar-refractivity contribution in [2.75, 3.05) is 6.61 Å². The fraction of sp³-hybridized carbons (Fsp3) is 0.583. The maximum absolute atomic E-state index is 5.68. The number of pyridine rings is 1. The number of hydrogen-bond acceptors (Lipinski definition) is 2. The molecule has 2 rings (SSSR count). The van der Waals surface area contributed by atoms with Gasteiger partial charge in [-0.2, -0.15) is 0 Å². The average Bonchev–Trinajstić information content (AvgIpc) is 2.99. The molecule has 0 bridgehead atoms. The zero-order chi connectivity index (χ0) is 9.97. The molecule has 1 saturated carbocycles. The Hall–Kier alpha value is -1.05. The Morgan fingerprint density at radius 2 is 2.29 bits per heavy atom. The van der Waals surface area contributed by atoms with Crippen molar-refractivity contribution < 1.29 is 4.74 Å². The lowest BCUT2D eigenvalue weighted by Crippen LogP contribution is -2.00. The van der Waals surface area contributed by atoms with Gasteiger partial charge in [0.1, 0.15) is 5.75 Å². The molecule has 0 saturated heterocycles. The Morgan fingerprint density at radius 3 is 2.93 bits per heavy atom. The Morgan fingerprint density at radius 1 is 1.50 bits per heavy atom. The molecule has 0 unspecified atom stereocenters. The van der Waals surface area contributed by atoms with Crippen molar-refractivity contribution in [3.8, 4) is 5.75 Å². The summed E-state index contributed by atoms with van der Waals surface area (Å²) >= 11 is 0. The van der Waals surface area contributed by atoms with Gasteiger partial charge in [0.05, 0.1) is 6.61 Å². The molecular weight excluding hydrogens is 174 g/mol. The molecular formula is C12H17NO. The summed E-state index contributed by atoms with van der Waals surface area (Å²) in [6.45, 7) is 5.17. The summed E-state index contributed by atoms with van der Waals surface area (Å²) in [5.41, 5.74) is 1.11. The van der Waals surface area contributed by atoms with Crippen molar-refractivity contribution in [2.45, 2.75) is 32.6 Å². The monoisotopic (exact) mass is 191 g/mol. The topological polar surface area (TPSA) is 22.1 Å². The van der Waals surface area contributed by atoms with Gasteiger partial charge in [-0.3, -0.25) is 4.98 Å². The van der Waals surface area contributed by atoms with Crippen LogP contribution in [0, 0.1) is 5.92 Å². The number of rotatable bonds is 4. The van der Waals surface area contributed by atoms with Crippen LogP contribution in [0.2, 0.25) is 0 Å². The highest BCUT2D eigenvalue weighted by atomic mass is 16.5. The molecule has 2 heteroatoms. The molecule has 2 nitrogen and oxygen atoms in total. The second-order valence-corrected chi connectivity index (χ2v) is 4.33. The maximum atomic E-state index is 5.68. The van der Waals surface area contributed by atoms with Crippen LogP contribution in [0.15, 0.2) is 18.3 Å². The second-order valence-electron chi connectivity index (χ2n) is 4.33. The second kappa shape index (κ2) is 3.99. The third-order valence-corrected chi connectivity index (χ3v) is 2.53. The molecule has 0 amide bonds. The summed E-state index contributed by atoms with van der Waals surface area (Å²) in [5, 5.41) is 0. The molecule has 0 atom stereocenters. The van der Waals surface area contributed by atoms with Gasteiger partial charge in [-0.25, -0.2) is 0 Å². The molecule has 1 fully saturated rings. The van der Waals surface area contributed by atoms with Gasteiger partial charge in [0.15, 0.2) is 0 Å². The lowest BCUT2D eigenvalue weighted by atomic mass is 10.1. The van der Waals surface area contributed by atoms with E-state index >= 15 is 0 Å². The minimum Gasteiger partial charge on any atom is -0.493 e. The fourth-order valence-electron chi connectivity index (χ4n) is 1.33. The van der Waals surface area contributed by atoms with E-state index in [1.54, 1.807) is 0 Å². The highest BCUT2D eigenvalue weighted by molar-refractivity contribution is 5.24. The van der Waals surface area contributed by atoms with Gasteiger partial charge < -0.3 is 4.74 Å². The van der Waals surface area contributed by atoms with Crippen LogP contribution in [0.4, 0.5) is 0 Å². The van der Waals surface area contributed by atoms with E-state index in [0.717, 1.165) is 24.0 Å². The summed E-state index contributed by atoms with van der Waals surface area (Å²) in [6, 6.07) is 3.99. The Kier molecular flexibility index (Phi) is 2.71. The molecule has 0 aromatic carbocycles. The lowest BCUT2D eigenvalue weighted by Gasteiger charge is -2.08. The van der Waals surface area contributed by atoms with Crippen molar-refractivity contribution in [2.24, 2.45) is 5.92 Å². The number of ether oxygens (including phenoxy) is 1. The first-order valence-electron chi connectivity index (χ1n) is 5.34. The van der Waals surface area contributed by atoms with E-state index in [-0.39, 0.29) is 0 Å². The van der Waals surface area contributed by atoms with Gasteiger partial charge in [0, 0.05) is 18.0 Å². The van der Waals surface area contributed by atoms with E-state index < -0.39 is 0 Å². The molecule has 1 aliphatic rings. The van der Waals surface area contributed by atoms with Crippen molar-refractivity contribution >= 4 is 0 Å². The third kappa shape index (κ3) is 2.47. The minimum atomic E-state index is 0.472. The molecule has 0 radical (unpaired) electrons. The standard InChI is InChI=1S/C12H17NO/c1-9(2)12-7-11(5-6-13-12)14-8-10-3-4-10/h5-7,9-10H,3-4,8H2,1-2H3. The van der Waals surface area contributed by atoms with Crippen molar-refractivity contribution in [3.05, 3.63) is 24.0 Å². The van der Waals surface area contributed by atoms with E-state index in [2.05, 4.69) is 18.8 Å². The Labute approximate surface area is 85.3 Å². The van der Waals surface area contributed by atoms with Gasteiger partial charge in [-0.1, -0.05) is 13.8 Å². The first-order valence-corrected chi connectivity index (χ1v) is 5.34. The number of aromatic nitrogens is 1. The van der Waals surface area contributed by atoms with Crippen LogP contribution < -0.4 is 4.74 Å². The minimum absolute atomic E-state index is 0.472. The molecule has 0 spiro atoms. The highest BCUT2D eigenvalue weighted by Gasteiger charge is 2.21. The molecule has 0 N–H and O–H groups in total. The van der Waals surface area contributed by atoms with Gasteiger partial charge in [0.2, 0.25) is 0 Å². The normalized spacial score (nSPS) is 15.9. The summed E-state index contributed by atoms with van der Waals surface area (Å²) in [6.07, 6.45) is 4.50. The predicted octanol–water partition coefficient (Wildman–Crippen LogP) is 2.99. The number of nitrogens with zero attached hydrogens (tertiary/aromatic N) is 1. The summed E-state index contributed by atoms with van der Waals surface area (Å²) in [7, 11) is 0. The SMILES string of the molecule is CC(C)c1cc(OCC2CC2)ccn1. The summed E-state index contributed by atoms with van der Waals surface area (Å²) in [5.74, 6) is 2.25. The molecule has 1 aromatic rings. The van der Waals surface area contributed by atoms with E-state index in [1.165, 1.54) is 12.8 Å². The van der Waals surface area contributed by atoms with Crippen LogP contribution in [0.25, 0.3) is 0 Å². The molecule has 1 heterocycles. The van der Waals surface area contributed by atoms with Crippen LogP contribution >= 0.6 is 0 Å². The van der Waals surface area contributed by atoms with E-state index in [9.17, 15) is 0 Å². The Bertz CT molecular complexity index is 305. The first-order chi connectivity index (χ1) is 6.75. The van der Waals surface area contributed by atoms with Crippen LogP contribution in [0.3, 0.4) is 0 Å². The average molecular weight is 191 g/mol. The smallest absolute Gasteiger partial charge is 0.122 e. The predicted molar refractivity (Wildman–Crippen MR) is 56.5 cm³/mol. The lowest BCUT2D eigenvalue weighted by molar-refractivity contribution is 0.299. The van der Waals surface area contributed by atoms with E-state index in [0.29, 0.717) is 5.92 Å². The highest BCUT2D eigenvalue weighted by Crippen LogP contribution is 2.29.